The maximum Gasteiger partial charge on any atom is 0.303 e. The van der Waals surface area contributed by atoms with Crippen LogP contribution in [-0.2, 0) is 4.79 Å². The van der Waals surface area contributed by atoms with E-state index in [4.69, 9.17) is 5.11 Å². The van der Waals surface area contributed by atoms with Gasteiger partial charge in [-0.3, -0.25) is 4.79 Å². The number of nitrogens with one attached hydrogen (secondary N) is 1. The molecule has 3 heteroatoms. The molecule has 0 fully saturated rings. The lowest BCUT2D eigenvalue weighted by Crippen LogP contribution is -2.25. The second-order valence-electron chi connectivity index (χ2n) is 2.48. The van der Waals surface area contributed by atoms with Crippen LogP contribution in [-0.4, -0.2) is 23.7 Å². The fourth-order valence-corrected chi connectivity index (χ4v) is 0.653. The predicted molar refractivity (Wildman–Crippen MR) is 44.5 cm³/mol. The van der Waals surface area contributed by atoms with Crippen molar-refractivity contribution in [2.45, 2.75) is 25.8 Å². The van der Waals surface area contributed by atoms with Crippen LogP contribution in [0.15, 0.2) is 12.7 Å². The maximum absolute atomic E-state index is 10.1. The lowest BCUT2D eigenvalue weighted by Gasteiger charge is -2.06. The Morgan fingerprint density at radius 2 is 2.45 bits per heavy atom. The highest BCUT2D eigenvalue weighted by molar-refractivity contribution is 5.66. The standard InChI is InChI=1S/C8H15NO2/c1-3-7(2)9-6-4-5-8(10)11/h3,7,9H,1,4-6H2,2H3,(H,10,11). The highest BCUT2D eigenvalue weighted by Crippen LogP contribution is 1.88. The maximum atomic E-state index is 10.1. The van der Waals surface area contributed by atoms with Crippen LogP contribution in [0.25, 0.3) is 0 Å². The van der Waals surface area contributed by atoms with Crippen LogP contribution in [0.4, 0.5) is 0 Å². The largest absolute Gasteiger partial charge is 0.481 e. The van der Waals surface area contributed by atoms with E-state index in [-0.39, 0.29) is 12.5 Å². The van der Waals surface area contributed by atoms with Crippen molar-refractivity contribution in [2.24, 2.45) is 0 Å². The number of rotatable bonds is 6. The Hall–Kier alpha value is -0.830. The molecule has 3 nitrogen and oxygen atoms in total. The van der Waals surface area contributed by atoms with Crippen LogP contribution in [0.2, 0.25) is 0 Å². The topological polar surface area (TPSA) is 49.3 Å². The van der Waals surface area contributed by atoms with E-state index in [9.17, 15) is 4.79 Å². The molecule has 0 radical (unpaired) electrons. The minimum Gasteiger partial charge on any atom is -0.481 e. The van der Waals surface area contributed by atoms with Crippen molar-refractivity contribution < 1.29 is 9.90 Å². The normalized spacial score (nSPS) is 12.5. The zero-order valence-electron chi connectivity index (χ0n) is 6.84. The van der Waals surface area contributed by atoms with Crippen LogP contribution < -0.4 is 5.32 Å². The first-order chi connectivity index (χ1) is 5.16. The van der Waals surface area contributed by atoms with E-state index < -0.39 is 5.97 Å². The van der Waals surface area contributed by atoms with Crippen molar-refractivity contribution in [1.29, 1.82) is 0 Å². The van der Waals surface area contributed by atoms with Crippen LogP contribution in [0.5, 0.6) is 0 Å². The van der Waals surface area contributed by atoms with Gasteiger partial charge in [0.15, 0.2) is 0 Å². The Bertz CT molecular complexity index is 134. The number of carboxylic acids is 1. The quantitative estimate of drug-likeness (QED) is 0.447. The van der Waals surface area contributed by atoms with Gasteiger partial charge in [0, 0.05) is 12.5 Å². The van der Waals surface area contributed by atoms with E-state index in [1.54, 1.807) is 6.08 Å². The van der Waals surface area contributed by atoms with Gasteiger partial charge in [-0.1, -0.05) is 6.08 Å². The van der Waals surface area contributed by atoms with Gasteiger partial charge in [-0.15, -0.1) is 6.58 Å². The fourth-order valence-electron chi connectivity index (χ4n) is 0.653. The van der Waals surface area contributed by atoms with Gasteiger partial charge in [0.25, 0.3) is 0 Å². The first kappa shape index (κ1) is 10.2. The molecule has 0 rings (SSSR count). The van der Waals surface area contributed by atoms with Crippen LogP contribution in [0, 0.1) is 0 Å². The number of aliphatic carboxylic acids is 1. The average Bonchev–Trinajstić information content (AvgIpc) is 1.97. The Labute approximate surface area is 67.1 Å². The molecule has 0 heterocycles. The molecule has 64 valence electrons. The minimum atomic E-state index is -0.738. The first-order valence-electron chi connectivity index (χ1n) is 3.74. The van der Waals surface area contributed by atoms with Gasteiger partial charge in [-0.05, 0) is 19.9 Å². The molecule has 0 aliphatic rings. The fraction of sp³-hybridized carbons (Fsp3) is 0.625. The molecule has 2 N–H and O–H groups in total. The van der Waals surface area contributed by atoms with Gasteiger partial charge in [0.1, 0.15) is 0 Å². The Morgan fingerprint density at radius 1 is 1.82 bits per heavy atom. The van der Waals surface area contributed by atoms with Crippen LogP contribution in [0.1, 0.15) is 19.8 Å². The van der Waals surface area contributed by atoms with Gasteiger partial charge in [0.05, 0.1) is 0 Å². The predicted octanol–water partition coefficient (Wildman–Crippen LogP) is 1.02. The summed E-state index contributed by atoms with van der Waals surface area (Å²) in [6.07, 6.45) is 2.70. The average molecular weight is 157 g/mol. The lowest BCUT2D eigenvalue weighted by molar-refractivity contribution is -0.137. The summed E-state index contributed by atoms with van der Waals surface area (Å²) in [5.41, 5.74) is 0. The molecule has 0 bridgehead atoms. The molecule has 0 spiro atoms. The summed E-state index contributed by atoms with van der Waals surface area (Å²) in [5.74, 6) is -0.738. The summed E-state index contributed by atoms with van der Waals surface area (Å²) in [6, 6.07) is 0.267. The third kappa shape index (κ3) is 7.06. The second-order valence-corrected chi connectivity index (χ2v) is 2.48. The van der Waals surface area contributed by atoms with E-state index in [1.807, 2.05) is 6.92 Å². The van der Waals surface area contributed by atoms with Crippen LogP contribution >= 0.6 is 0 Å². The SMILES string of the molecule is C=CC(C)NCCCC(=O)O. The van der Waals surface area contributed by atoms with Crippen molar-refractivity contribution >= 4 is 5.97 Å². The van der Waals surface area contributed by atoms with E-state index in [1.165, 1.54) is 0 Å². The molecule has 1 unspecified atom stereocenters. The number of carboxylic acid groups (broad SMARTS) is 1. The van der Waals surface area contributed by atoms with E-state index in [2.05, 4.69) is 11.9 Å². The van der Waals surface area contributed by atoms with E-state index in [0.29, 0.717) is 6.42 Å². The van der Waals surface area contributed by atoms with Crippen molar-refractivity contribution in [2.75, 3.05) is 6.54 Å². The van der Waals surface area contributed by atoms with Gasteiger partial charge < -0.3 is 10.4 Å². The molecule has 11 heavy (non-hydrogen) atoms. The van der Waals surface area contributed by atoms with E-state index >= 15 is 0 Å². The molecule has 1 atom stereocenters. The smallest absolute Gasteiger partial charge is 0.303 e. The monoisotopic (exact) mass is 157 g/mol. The molecule has 0 saturated heterocycles. The summed E-state index contributed by atoms with van der Waals surface area (Å²) in [4.78, 5) is 10.1. The molecular formula is C8H15NO2. The van der Waals surface area contributed by atoms with Crippen molar-refractivity contribution in [3.05, 3.63) is 12.7 Å². The molecule has 0 aliphatic carbocycles. The highest BCUT2D eigenvalue weighted by Gasteiger charge is 1.97. The molecule has 0 aromatic heterocycles. The van der Waals surface area contributed by atoms with Crippen molar-refractivity contribution in [3.63, 3.8) is 0 Å². The molecular weight excluding hydrogens is 142 g/mol. The zero-order chi connectivity index (χ0) is 8.69. The van der Waals surface area contributed by atoms with Gasteiger partial charge in [-0.2, -0.15) is 0 Å². The summed E-state index contributed by atoms with van der Waals surface area (Å²) in [6.45, 7) is 6.31. The minimum absolute atomic E-state index is 0.233. The Balaban J connectivity index is 3.14. The van der Waals surface area contributed by atoms with Gasteiger partial charge in [0.2, 0.25) is 0 Å². The van der Waals surface area contributed by atoms with Gasteiger partial charge in [-0.25, -0.2) is 0 Å². The number of hydrogen-bond acceptors (Lipinski definition) is 2. The molecule has 0 aliphatic heterocycles. The summed E-state index contributed by atoms with van der Waals surface area (Å²) < 4.78 is 0. The van der Waals surface area contributed by atoms with Gasteiger partial charge >= 0.3 is 5.97 Å². The highest BCUT2D eigenvalue weighted by atomic mass is 16.4. The Kier molecular flexibility index (Phi) is 5.47. The zero-order valence-corrected chi connectivity index (χ0v) is 6.84. The Morgan fingerprint density at radius 3 is 2.91 bits per heavy atom. The third-order valence-electron chi connectivity index (χ3n) is 1.39. The van der Waals surface area contributed by atoms with Crippen molar-refractivity contribution in [1.82, 2.24) is 5.32 Å². The van der Waals surface area contributed by atoms with Crippen LogP contribution in [0.3, 0.4) is 0 Å². The molecule has 0 aromatic rings. The first-order valence-corrected chi connectivity index (χ1v) is 3.74. The molecule has 0 amide bonds. The second kappa shape index (κ2) is 5.92. The van der Waals surface area contributed by atoms with E-state index in [0.717, 1.165) is 6.54 Å². The van der Waals surface area contributed by atoms with Crippen molar-refractivity contribution in [3.8, 4) is 0 Å². The molecule has 0 aromatic carbocycles. The summed E-state index contributed by atoms with van der Waals surface area (Å²) in [5, 5.41) is 11.4. The number of carbonyl (C=O) groups is 1. The third-order valence-corrected chi connectivity index (χ3v) is 1.39. The number of hydrogen-bond donors (Lipinski definition) is 2. The summed E-state index contributed by atoms with van der Waals surface area (Å²) >= 11 is 0. The molecule has 0 saturated carbocycles. The lowest BCUT2D eigenvalue weighted by atomic mass is 10.3. The summed E-state index contributed by atoms with van der Waals surface area (Å²) in [7, 11) is 0.